The molecule has 3 rings (SSSR count). The second-order valence-corrected chi connectivity index (χ2v) is 8.34. The molecule has 0 aliphatic carbocycles. The van der Waals surface area contributed by atoms with Gasteiger partial charge in [-0.25, -0.2) is 14.8 Å². The van der Waals surface area contributed by atoms with Gasteiger partial charge >= 0.3 is 6.09 Å². The number of nitrogens with zero attached hydrogens (tertiary/aromatic N) is 3. The Kier molecular flexibility index (Phi) is 8.57. The molecule has 2 heterocycles. The van der Waals surface area contributed by atoms with Crippen LogP contribution in [0.4, 0.5) is 10.6 Å². The minimum Gasteiger partial charge on any atom is -0.450 e. The highest BCUT2D eigenvalue weighted by Gasteiger charge is 2.37. The third-order valence-corrected chi connectivity index (χ3v) is 5.94. The molecule has 2 aromatic rings. The van der Waals surface area contributed by atoms with Crippen molar-refractivity contribution >= 4 is 35.1 Å². The fourth-order valence-corrected chi connectivity index (χ4v) is 4.34. The van der Waals surface area contributed by atoms with Gasteiger partial charge in [-0.15, -0.1) is 0 Å². The SMILES string of the molecule is CCOC(=O)N1C[C@H](OCC)[C@H](Nc2nc(CC)c(-c3ccc(Cl)cc3Cl)nc2CC)C1. The molecular formula is C23H30Cl2N4O3. The highest BCUT2D eigenvalue weighted by atomic mass is 35.5. The molecule has 0 bridgehead atoms. The van der Waals surface area contributed by atoms with Crippen LogP contribution in [0.25, 0.3) is 11.3 Å². The number of carbonyl (C=O) groups is 1. The number of anilines is 1. The van der Waals surface area contributed by atoms with Gasteiger partial charge in [-0.3, -0.25) is 0 Å². The normalized spacial score (nSPS) is 18.1. The number of hydrogen-bond donors (Lipinski definition) is 1. The van der Waals surface area contributed by atoms with E-state index in [-0.39, 0.29) is 18.2 Å². The van der Waals surface area contributed by atoms with E-state index in [4.69, 9.17) is 42.6 Å². The van der Waals surface area contributed by atoms with Crippen LogP contribution in [-0.4, -0.2) is 59.4 Å². The highest BCUT2D eigenvalue weighted by Crippen LogP contribution is 2.33. The summed E-state index contributed by atoms with van der Waals surface area (Å²) in [6, 6.07) is 5.27. The molecule has 1 aromatic carbocycles. The maximum Gasteiger partial charge on any atom is 0.409 e. The van der Waals surface area contributed by atoms with E-state index in [1.54, 1.807) is 24.0 Å². The van der Waals surface area contributed by atoms with Crippen LogP contribution in [0.3, 0.4) is 0 Å². The molecule has 1 saturated heterocycles. The molecule has 1 aliphatic rings. The zero-order valence-corrected chi connectivity index (χ0v) is 20.5. The van der Waals surface area contributed by atoms with Crippen LogP contribution in [0.15, 0.2) is 18.2 Å². The maximum atomic E-state index is 12.2. The first-order valence-electron chi connectivity index (χ1n) is 11.1. The average Bonchev–Trinajstić information content (AvgIpc) is 3.16. The molecule has 2 atom stereocenters. The fourth-order valence-electron chi connectivity index (χ4n) is 3.85. The first kappa shape index (κ1) is 24.6. The summed E-state index contributed by atoms with van der Waals surface area (Å²) >= 11 is 12.5. The summed E-state index contributed by atoms with van der Waals surface area (Å²) in [5.74, 6) is 0.707. The molecule has 1 aromatic heterocycles. The van der Waals surface area contributed by atoms with E-state index in [1.807, 2.05) is 26.8 Å². The lowest BCUT2D eigenvalue weighted by Crippen LogP contribution is -2.35. The number of hydrogen-bond acceptors (Lipinski definition) is 6. The predicted octanol–water partition coefficient (Wildman–Crippen LogP) is 5.23. The summed E-state index contributed by atoms with van der Waals surface area (Å²) in [5.41, 5.74) is 3.23. The standard InChI is InChI=1S/C23H30Cl2N4O3/c1-5-17-21(15-10-9-14(24)11-16(15)25)26-18(6-2)22(27-17)28-19-12-29(23(30)32-8-4)13-20(19)31-7-3/h9-11,19-20H,5-8,12-13H2,1-4H3,(H,27,28)/t19-,20+/m1/s1. The molecule has 1 fully saturated rings. The topological polar surface area (TPSA) is 76.6 Å². The Morgan fingerprint density at radius 1 is 1.09 bits per heavy atom. The Bertz CT molecular complexity index is 957. The van der Waals surface area contributed by atoms with Gasteiger partial charge in [-0.2, -0.15) is 0 Å². The molecule has 32 heavy (non-hydrogen) atoms. The number of halogens is 2. The third-order valence-electron chi connectivity index (χ3n) is 5.39. The van der Waals surface area contributed by atoms with E-state index in [1.165, 1.54) is 0 Å². The first-order valence-corrected chi connectivity index (χ1v) is 11.8. The summed E-state index contributed by atoms with van der Waals surface area (Å²) in [6.45, 7) is 9.65. The minimum atomic E-state index is -0.328. The molecule has 1 aliphatic heterocycles. The largest absolute Gasteiger partial charge is 0.450 e. The summed E-state index contributed by atoms with van der Waals surface area (Å²) in [6.07, 6.45) is 0.885. The van der Waals surface area contributed by atoms with Crippen molar-refractivity contribution in [3.05, 3.63) is 39.6 Å². The number of carbonyl (C=O) groups excluding carboxylic acids is 1. The monoisotopic (exact) mass is 480 g/mol. The quantitative estimate of drug-likeness (QED) is 0.556. The van der Waals surface area contributed by atoms with Crippen LogP contribution < -0.4 is 5.32 Å². The van der Waals surface area contributed by atoms with Crippen molar-refractivity contribution in [1.29, 1.82) is 0 Å². The smallest absolute Gasteiger partial charge is 0.409 e. The van der Waals surface area contributed by atoms with Gasteiger partial charge in [0.05, 0.1) is 47.4 Å². The van der Waals surface area contributed by atoms with E-state index in [9.17, 15) is 4.79 Å². The molecule has 0 spiro atoms. The Labute approximate surface area is 199 Å². The number of benzene rings is 1. The Morgan fingerprint density at radius 2 is 1.84 bits per heavy atom. The number of ether oxygens (including phenoxy) is 2. The zero-order valence-electron chi connectivity index (χ0n) is 19.0. The van der Waals surface area contributed by atoms with Crippen LogP contribution in [0.1, 0.15) is 39.1 Å². The van der Waals surface area contributed by atoms with E-state index >= 15 is 0 Å². The number of nitrogens with one attached hydrogen (secondary N) is 1. The predicted molar refractivity (Wildman–Crippen MR) is 128 cm³/mol. The molecule has 0 radical (unpaired) electrons. The van der Waals surface area contributed by atoms with Crippen molar-refractivity contribution in [1.82, 2.24) is 14.9 Å². The van der Waals surface area contributed by atoms with Crippen LogP contribution >= 0.6 is 23.2 Å². The van der Waals surface area contributed by atoms with Crippen molar-refractivity contribution in [3.63, 3.8) is 0 Å². The second-order valence-electron chi connectivity index (χ2n) is 7.49. The molecule has 0 saturated carbocycles. The van der Waals surface area contributed by atoms with Gasteiger partial charge in [0.2, 0.25) is 0 Å². The van der Waals surface area contributed by atoms with Gasteiger partial charge in [0.1, 0.15) is 5.82 Å². The molecule has 0 unspecified atom stereocenters. The number of likely N-dealkylation sites (tertiary alicyclic amines) is 1. The number of amides is 1. The summed E-state index contributed by atoms with van der Waals surface area (Å²) in [5, 5.41) is 4.62. The minimum absolute atomic E-state index is 0.117. The molecule has 1 amide bonds. The molecule has 1 N–H and O–H groups in total. The van der Waals surface area contributed by atoms with Crippen molar-refractivity contribution in [3.8, 4) is 11.3 Å². The van der Waals surface area contributed by atoms with Gasteiger partial charge in [0.25, 0.3) is 0 Å². The van der Waals surface area contributed by atoms with Crippen LogP contribution in [-0.2, 0) is 22.3 Å². The highest BCUT2D eigenvalue weighted by molar-refractivity contribution is 6.36. The first-order chi connectivity index (χ1) is 15.4. The fraction of sp³-hybridized carbons (Fsp3) is 0.522. The van der Waals surface area contributed by atoms with E-state index in [2.05, 4.69) is 5.32 Å². The molecule has 9 heteroatoms. The number of aromatic nitrogens is 2. The van der Waals surface area contributed by atoms with E-state index < -0.39 is 0 Å². The lowest BCUT2D eigenvalue weighted by Gasteiger charge is -2.22. The summed E-state index contributed by atoms with van der Waals surface area (Å²) in [7, 11) is 0. The van der Waals surface area contributed by atoms with Crippen molar-refractivity contribution < 1.29 is 14.3 Å². The second kappa shape index (κ2) is 11.2. The number of rotatable bonds is 8. The molecular weight excluding hydrogens is 451 g/mol. The lowest BCUT2D eigenvalue weighted by atomic mass is 10.1. The van der Waals surface area contributed by atoms with Crippen molar-refractivity contribution in [2.45, 2.75) is 52.7 Å². The Balaban J connectivity index is 1.92. The lowest BCUT2D eigenvalue weighted by molar-refractivity contribution is 0.0596. The summed E-state index contributed by atoms with van der Waals surface area (Å²) in [4.78, 5) is 23.7. The maximum absolute atomic E-state index is 12.2. The van der Waals surface area contributed by atoms with Gasteiger partial charge in [-0.05, 0) is 44.9 Å². The third kappa shape index (κ3) is 5.45. The van der Waals surface area contributed by atoms with Gasteiger partial charge < -0.3 is 19.7 Å². The summed E-state index contributed by atoms with van der Waals surface area (Å²) < 4.78 is 11.1. The van der Waals surface area contributed by atoms with Crippen molar-refractivity contribution in [2.75, 3.05) is 31.6 Å². The number of aryl methyl sites for hydroxylation is 2. The molecule has 7 nitrogen and oxygen atoms in total. The van der Waals surface area contributed by atoms with Gasteiger partial charge in [0, 0.05) is 23.7 Å². The van der Waals surface area contributed by atoms with Gasteiger partial charge in [0.15, 0.2) is 0 Å². The van der Waals surface area contributed by atoms with Crippen LogP contribution in [0.5, 0.6) is 0 Å². The Hall–Kier alpha value is -2.09. The van der Waals surface area contributed by atoms with E-state index in [0.717, 1.165) is 22.6 Å². The van der Waals surface area contributed by atoms with Crippen LogP contribution in [0.2, 0.25) is 10.0 Å². The van der Waals surface area contributed by atoms with E-state index in [0.29, 0.717) is 55.0 Å². The van der Waals surface area contributed by atoms with Crippen molar-refractivity contribution in [2.24, 2.45) is 0 Å². The van der Waals surface area contributed by atoms with Gasteiger partial charge in [-0.1, -0.05) is 37.0 Å². The average molecular weight is 481 g/mol. The zero-order chi connectivity index (χ0) is 23.3. The van der Waals surface area contributed by atoms with Crippen LogP contribution in [0, 0.1) is 0 Å². The molecule has 174 valence electrons. The Morgan fingerprint density at radius 3 is 2.47 bits per heavy atom.